The van der Waals surface area contributed by atoms with Gasteiger partial charge in [-0.15, -0.1) is 0 Å². The van der Waals surface area contributed by atoms with E-state index in [-0.39, 0.29) is 17.7 Å². The summed E-state index contributed by atoms with van der Waals surface area (Å²) < 4.78 is 0. The first-order valence-corrected chi connectivity index (χ1v) is 5.64. The minimum atomic E-state index is -0.204. The van der Waals surface area contributed by atoms with Crippen LogP contribution in [0.1, 0.15) is 25.7 Å². The maximum atomic E-state index is 10.9. The molecule has 1 unspecified atom stereocenters. The molecule has 0 radical (unpaired) electrons. The van der Waals surface area contributed by atoms with Crippen LogP contribution in [0.5, 0.6) is 0 Å². The molecule has 92 valence electrons. The average molecular weight is 228 g/mol. The minimum absolute atomic E-state index is 0.00680. The average Bonchev–Trinajstić information content (AvgIpc) is 2.72. The topological polar surface area (TPSA) is 101 Å². The third kappa shape index (κ3) is 4.16. The van der Waals surface area contributed by atoms with Crippen LogP contribution in [0.2, 0.25) is 0 Å². The van der Waals surface area contributed by atoms with Crippen LogP contribution in [0.25, 0.3) is 0 Å². The molecule has 1 saturated heterocycles. The van der Waals surface area contributed by atoms with E-state index >= 15 is 0 Å². The Morgan fingerprint density at radius 3 is 2.69 bits per heavy atom. The van der Waals surface area contributed by atoms with Crippen LogP contribution < -0.4 is 17.0 Å². The summed E-state index contributed by atoms with van der Waals surface area (Å²) in [6.07, 6.45) is 3.09. The Morgan fingerprint density at radius 1 is 1.38 bits per heavy atom. The third-order valence-electron chi connectivity index (χ3n) is 2.96. The highest BCUT2D eigenvalue weighted by Gasteiger charge is 2.25. The maximum absolute atomic E-state index is 10.9. The van der Waals surface area contributed by atoms with Gasteiger partial charge in [0.25, 0.3) is 0 Å². The molecule has 0 aromatic carbocycles. The standard InChI is InChI=1S/C10H20N4O2/c11-10(16)8-4-6-14(7-8)5-2-1-3-9(15)13-12/h8H,1-7,12H2,(H2,11,16)(H,13,15). The van der Waals surface area contributed by atoms with Gasteiger partial charge in [-0.25, -0.2) is 5.84 Å². The second-order valence-electron chi connectivity index (χ2n) is 4.21. The van der Waals surface area contributed by atoms with Gasteiger partial charge in [0.1, 0.15) is 0 Å². The molecule has 2 amide bonds. The SMILES string of the molecule is NNC(=O)CCCCN1CCC(C(N)=O)C1. The number of carbonyl (C=O) groups excluding carboxylic acids is 2. The number of unbranched alkanes of at least 4 members (excludes halogenated alkanes) is 1. The van der Waals surface area contributed by atoms with Crippen LogP contribution in [-0.4, -0.2) is 36.3 Å². The van der Waals surface area contributed by atoms with Gasteiger partial charge in [-0.1, -0.05) is 0 Å². The van der Waals surface area contributed by atoms with Gasteiger partial charge in [0, 0.05) is 13.0 Å². The Morgan fingerprint density at radius 2 is 2.12 bits per heavy atom. The molecule has 1 atom stereocenters. The van der Waals surface area contributed by atoms with E-state index in [1.54, 1.807) is 0 Å². The van der Waals surface area contributed by atoms with Crippen LogP contribution in [0, 0.1) is 5.92 Å². The first-order chi connectivity index (χ1) is 7.63. The molecule has 0 aromatic rings. The van der Waals surface area contributed by atoms with Crippen LogP contribution >= 0.6 is 0 Å². The molecule has 0 saturated carbocycles. The normalized spacial score (nSPS) is 20.9. The summed E-state index contributed by atoms with van der Waals surface area (Å²) in [4.78, 5) is 24.0. The van der Waals surface area contributed by atoms with Gasteiger partial charge in [0.05, 0.1) is 5.92 Å². The van der Waals surface area contributed by atoms with Crippen LogP contribution in [0.3, 0.4) is 0 Å². The molecule has 5 N–H and O–H groups in total. The van der Waals surface area contributed by atoms with E-state index < -0.39 is 0 Å². The fourth-order valence-electron chi connectivity index (χ4n) is 1.96. The van der Waals surface area contributed by atoms with E-state index in [4.69, 9.17) is 11.6 Å². The van der Waals surface area contributed by atoms with Crippen molar-refractivity contribution in [1.82, 2.24) is 10.3 Å². The molecule has 0 bridgehead atoms. The maximum Gasteiger partial charge on any atom is 0.233 e. The van der Waals surface area contributed by atoms with Crippen molar-refractivity contribution in [2.24, 2.45) is 17.5 Å². The second kappa shape index (κ2) is 6.44. The Kier molecular flexibility index (Phi) is 5.21. The number of nitrogens with two attached hydrogens (primary N) is 2. The summed E-state index contributed by atoms with van der Waals surface area (Å²) in [5, 5.41) is 0. The highest BCUT2D eigenvalue weighted by Crippen LogP contribution is 2.16. The number of carbonyl (C=O) groups is 2. The summed E-state index contributed by atoms with van der Waals surface area (Å²) >= 11 is 0. The summed E-state index contributed by atoms with van der Waals surface area (Å²) in [5.74, 6) is 4.64. The minimum Gasteiger partial charge on any atom is -0.369 e. The molecule has 1 rings (SSSR count). The monoisotopic (exact) mass is 228 g/mol. The van der Waals surface area contributed by atoms with E-state index in [0.29, 0.717) is 6.42 Å². The molecule has 1 aliphatic heterocycles. The molecule has 0 aliphatic carbocycles. The molecule has 1 fully saturated rings. The zero-order chi connectivity index (χ0) is 12.0. The smallest absolute Gasteiger partial charge is 0.233 e. The van der Waals surface area contributed by atoms with Crippen molar-refractivity contribution in [3.05, 3.63) is 0 Å². The molecule has 6 nitrogen and oxygen atoms in total. The van der Waals surface area contributed by atoms with E-state index in [1.165, 1.54) is 0 Å². The van der Waals surface area contributed by atoms with Crippen molar-refractivity contribution in [3.63, 3.8) is 0 Å². The molecule has 1 aliphatic rings. The van der Waals surface area contributed by atoms with Gasteiger partial charge in [0.2, 0.25) is 11.8 Å². The van der Waals surface area contributed by atoms with Crippen LogP contribution in [-0.2, 0) is 9.59 Å². The zero-order valence-electron chi connectivity index (χ0n) is 9.45. The molecule has 16 heavy (non-hydrogen) atoms. The van der Waals surface area contributed by atoms with Crippen LogP contribution in [0.4, 0.5) is 0 Å². The predicted octanol–water partition coefficient (Wildman–Crippen LogP) is -1.05. The molecule has 0 aromatic heterocycles. The number of hydrogen-bond donors (Lipinski definition) is 3. The number of primary amides is 1. The quantitative estimate of drug-likeness (QED) is 0.234. The Labute approximate surface area is 95.3 Å². The fourth-order valence-corrected chi connectivity index (χ4v) is 1.96. The fraction of sp³-hybridized carbons (Fsp3) is 0.800. The summed E-state index contributed by atoms with van der Waals surface area (Å²) in [7, 11) is 0. The number of amides is 2. The lowest BCUT2D eigenvalue weighted by atomic mass is 10.1. The van der Waals surface area contributed by atoms with Gasteiger partial charge < -0.3 is 10.6 Å². The molecule has 1 heterocycles. The van der Waals surface area contributed by atoms with Crippen molar-refractivity contribution in [1.29, 1.82) is 0 Å². The number of likely N-dealkylation sites (tertiary alicyclic amines) is 1. The Balaban J connectivity index is 2.07. The van der Waals surface area contributed by atoms with E-state index in [1.807, 2.05) is 0 Å². The summed E-state index contributed by atoms with van der Waals surface area (Å²) in [5.41, 5.74) is 7.34. The summed E-state index contributed by atoms with van der Waals surface area (Å²) in [6, 6.07) is 0. The van der Waals surface area contributed by atoms with Gasteiger partial charge in [-0.3, -0.25) is 15.0 Å². The molecular formula is C10H20N4O2. The van der Waals surface area contributed by atoms with Crippen molar-refractivity contribution >= 4 is 11.8 Å². The van der Waals surface area contributed by atoms with Crippen molar-refractivity contribution in [3.8, 4) is 0 Å². The molecular weight excluding hydrogens is 208 g/mol. The first kappa shape index (κ1) is 12.9. The lowest BCUT2D eigenvalue weighted by molar-refractivity contribution is -0.122. The third-order valence-corrected chi connectivity index (χ3v) is 2.96. The number of hydrogen-bond acceptors (Lipinski definition) is 4. The lowest BCUT2D eigenvalue weighted by Gasteiger charge is -2.14. The molecule has 6 heteroatoms. The largest absolute Gasteiger partial charge is 0.369 e. The predicted molar refractivity (Wildman–Crippen MR) is 59.9 cm³/mol. The summed E-state index contributed by atoms with van der Waals surface area (Å²) in [6.45, 7) is 2.61. The number of hydrazine groups is 1. The van der Waals surface area contributed by atoms with Crippen LogP contribution in [0.15, 0.2) is 0 Å². The Hall–Kier alpha value is -1.14. The molecule has 0 spiro atoms. The highest BCUT2D eigenvalue weighted by atomic mass is 16.2. The van der Waals surface area contributed by atoms with Gasteiger partial charge in [-0.2, -0.15) is 0 Å². The number of nitrogens with one attached hydrogen (secondary N) is 1. The van der Waals surface area contributed by atoms with Crippen molar-refractivity contribution in [2.75, 3.05) is 19.6 Å². The van der Waals surface area contributed by atoms with Gasteiger partial charge >= 0.3 is 0 Å². The number of rotatable bonds is 6. The van der Waals surface area contributed by atoms with Crippen molar-refractivity contribution in [2.45, 2.75) is 25.7 Å². The van der Waals surface area contributed by atoms with Gasteiger partial charge in [0.15, 0.2) is 0 Å². The lowest BCUT2D eigenvalue weighted by Crippen LogP contribution is -2.30. The van der Waals surface area contributed by atoms with Gasteiger partial charge in [-0.05, 0) is 32.4 Å². The zero-order valence-corrected chi connectivity index (χ0v) is 9.45. The number of nitrogens with zero attached hydrogens (tertiary/aromatic N) is 1. The van der Waals surface area contributed by atoms with E-state index in [0.717, 1.165) is 38.9 Å². The van der Waals surface area contributed by atoms with E-state index in [9.17, 15) is 9.59 Å². The van der Waals surface area contributed by atoms with E-state index in [2.05, 4.69) is 10.3 Å². The Bertz CT molecular complexity index is 257. The van der Waals surface area contributed by atoms with Crippen molar-refractivity contribution < 1.29 is 9.59 Å². The first-order valence-electron chi connectivity index (χ1n) is 5.64. The second-order valence-corrected chi connectivity index (χ2v) is 4.21. The highest BCUT2D eigenvalue weighted by molar-refractivity contribution is 5.77.